The van der Waals surface area contributed by atoms with Crippen LogP contribution < -0.4 is 10.6 Å². The van der Waals surface area contributed by atoms with Crippen LogP contribution in [0.15, 0.2) is 54.6 Å². The van der Waals surface area contributed by atoms with Gasteiger partial charge in [-0.2, -0.15) is 0 Å². The first-order chi connectivity index (χ1) is 18.8. The first-order valence-corrected chi connectivity index (χ1v) is 14.3. The molecular weight excluding hydrogens is 537 g/mol. The van der Waals surface area contributed by atoms with Crippen LogP contribution in [0.4, 0.5) is 5.69 Å². The van der Waals surface area contributed by atoms with Crippen molar-refractivity contribution in [3.8, 4) is 0 Å². The number of benzene rings is 2. The predicted octanol–water partition coefficient (Wildman–Crippen LogP) is 5.04. The molecule has 39 heavy (non-hydrogen) atoms. The summed E-state index contributed by atoms with van der Waals surface area (Å²) in [6.45, 7) is 2.03. The number of nitrogens with one attached hydrogen (secondary N) is 2. The molecule has 7 nitrogen and oxygen atoms in total. The number of aryl methyl sites for hydroxylation is 1. The van der Waals surface area contributed by atoms with Crippen molar-refractivity contribution in [3.05, 3.63) is 75.8 Å². The normalized spacial score (nSPS) is 29.5. The summed E-state index contributed by atoms with van der Waals surface area (Å²) >= 11 is 12.7. The van der Waals surface area contributed by atoms with Gasteiger partial charge in [-0.3, -0.25) is 14.4 Å². The lowest BCUT2D eigenvalue weighted by atomic mass is 9.74. The standard InChI is InChI=1S/C30H31Cl2N3O4/c1-17-11-12-20(15-22(17)32)34-27(36)24-23-13-14-30(39-23)25(24)29(38)35(16-18-7-5-6-10-21(18)31)26(30)28(37)33-19-8-3-2-4-9-19/h5-7,10-15,19,23-26H,2-4,8-9,16H2,1H3,(H,33,37)(H,34,36)/t23-,24+,25-,26+,30-/m0/s1. The molecular formula is C30H31Cl2N3O4. The lowest BCUT2D eigenvalue weighted by Crippen LogP contribution is -2.56. The van der Waals surface area contributed by atoms with Crippen molar-refractivity contribution in [2.45, 2.75) is 69.4 Å². The Kier molecular flexibility index (Phi) is 6.94. The zero-order chi connectivity index (χ0) is 27.3. The minimum absolute atomic E-state index is 0.0620. The molecule has 5 atom stereocenters. The molecule has 9 heteroatoms. The minimum Gasteiger partial charge on any atom is -0.359 e. The molecule has 4 aliphatic rings. The number of carbonyl (C=O) groups excluding carboxylic acids is 3. The molecule has 1 aliphatic carbocycles. The van der Waals surface area contributed by atoms with Crippen LogP contribution in [-0.4, -0.2) is 46.4 Å². The number of rotatable bonds is 6. The number of ether oxygens (including phenoxy) is 1. The van der Waals surface area contributed by atoms with Crippen LogP contribution in [0.1, 0.15) is 43.2 Å². The summed E-state index contributed by atoms with van der Waals surface area (Å²) in [5.74, 6) is -2.49. The summed E-state index contributed by atoms with van der Waals surface area (Å²) in [6, 6.07) is 11.7. The Labute approximate surface area is 237 Å². The van der Waals surface area contributed by atoms with Crippen molar-refractivity contribution in [2.75, 3.05) is 5.32 Å². The molecule has 0 radical (unpaired) electrons. The van der Waals surface area contributed by atoms with Gasteiger partial charge in [-0.1, -0.05) is 78.9 Å². The number of anilines is 1. The molecule has 2 aromatic rings. The first kappa shape index (κ1) is 26.4. The number of hydrogen-bond donors (Lipinski definition) is 2. The topological polar surface area (TPSA) is 87.7 Å². The molecule has 0 unspecified atom stereocenters. The number of carbonyl (C=O) groups is 3. The van der Waals surface area contributed by atoms with Crippen molar-refractivity contribution in [1.29, 1.82) is 0 Å². The largest absolute Gasteiger partial charge is 0.359 e. The molecule has 2 N–H and O–H groups in total. The van der Waals surface area contributed by atoms with Crippen LogP contribution in [0.25, 0.3) is 0 Å². The third-order valence-electron chi connectivity index (χ3n) is 8.61. The molecule has 3 aliphatic heterocycles. The second-order valence-corrected chi connectivity index (χ2v) is 11.9. The van der Waals surface area contributed by atoms with Gasteiger partial charge < -0.3 is 20.3 Å². The van der Waals surface area contributed by atoms with Gasteiger partial charge in [-0.15, -0.1) is 0 Å². The summed E-state index contributed by atoms with van der Waals surface area (Å²) < 4.78 is 6.44. The van der Waals surface area contributed by atoms with E-state index in [0.717, 1.165) is 43.2 Å². The Morgan fingerprint density at radius 1 is 1.05 bits per heavy atom. The SMILES string of the molecule is Cc1ccc(NC(=O)[C@@H]2[C@@H]3C=C[C@]4(O3)[C@@H]2C(=O)N(Cc2ccccc2Cl)[C@@H]4C(=O)NC2CCCCC2)cc1Cl. The molecule has 2 saturated heterocycles. The Balaban J connectivity index is 1.33. The lowest BCUT2D eigenvalue weighted by Gasteiger charge is -2.34. The molecule has 3 heterocycles. The average molecular weight is 569 g/mol. The van der Waals surface area contributed by atoms with E-state index in [1.807, 2.05) is 43.3 Å². The van der Waals surface area contributed by atoms with E-state index in [1.165, 1.54) is 0 Å². The first-order valence-electron chi connectivity index (χ1n) is 13.6. The van der Waals surface area contributed by atoms with Crippen LogP contribution in [0, 0.1) is 18.8 Å². The quantitative estimate of drug-likeness (QED) is 0.478. The summed E-state index contributed by atoms with van der Waals surface area (Å²) in [5.41, 5.74) is 0.941. The van der Waals surface area contributed by atoms with E-state index in [0.29, 0.717) is 15.7 Å². The van der Waals surface area contributed by atoms with Crippen LogP contribution >= 0.6 is 23.2 Å². The second-order valence-electron chi connectivity index (χ2n) is 11.1. The summed E-state index contributed by atoms with van der Waals surface area (Å²) in [5, 5.41) is 7.17. The molecule has 2 aromatic carbocycles. The molecule has 6 rings (SSSR count). The van der Waals surface area contributed by atoms with Crippen molar-refractivity contribution < 1.29 is 19.1 Å². The highest BCUT2D eigenvalue weighted by atomic mass is 35.5. The Hall–Kier alpha value is -2.87. The summed E-state index contributed by atoms with van der Waals surface area (Å²) in [6.07, 6.45) is 8.15. The number of hydrogen-bond acceptors (Lipinski definition) is 4. The van der Waals surface area contributed by atoms with Gasteiger partial charge in [0.05, 0.1) is 17.9 Å². The van der Waals surface area contributed by atoms with E-state index in [1.54, 1.807) is 23.1 Å². The van der Waals surface area contributed by atoms with Gasteiger partial charge in [0, 0.05) is 28.3 Å². The zero-order valence-corrected chi connectivity index (χ0v) is 23.2. The molecule has 204 valence electrons. The Bertz CT molecular complexity index is 1360. The number of likely N-dealkylation sites (tertiary alicyclic amines) is 1. The maximum absolute atomic E-state index is 14.1. The summed E-state index contributed by atoms with van der Waals surface area (Å²) in [4.78, 5) is 43.3. The number of fused-ring (bicyclic) bond motifs is 1. The van der Waals surface area contributed by atoms with Gasteiger partial charge in [-0.25, -0.2) is 0 Å². The highest BCUT2D eigenvalue weighted by molar-refractivity contribution is 6.31. The van der Waals surface area contributed by atoms with Crippen LogP contribution in [0.2, 0.25) is 10.0 Å². The molecule has 0 aromatic heterocycles. The molecule has 2 bridgehead atoms. The number of nitrogens with zero attached hydrogens (tertiary/aromatic N) is 1. The average Bonchev–Trinajstić information content (AvgIpc) is 3.56. The van der Waals surface area contributed by atoms with E-state index in [9.17, 15) is 14.4 Å². The van der Waals surface area contributed by atoms with Gasteiger partial charge in [0.15, 0.2) is 0 Å². The van der Waals surface area contributed by atoms with Crippen LogP contribution in [0.5, 0.6) is 0 Å². The van der Waals surface area contributed by atoms with E-state index >= 15 is 0 Å². The van der Waals surface area contributed by atoms with Crippen LogP contribution in [0.3, 0.4) is 0 Å². The zero-order valence-electron chi connectivity index (χ0n) is 21.7. The third kappa shape index (κ3) is 4.54. The maximum Gasteiger partial charge on any atom is 0.246 e. The van der Waals surface area contributed by atoms with Gasteiger partial charge in [-0.05, 0) is 49.1 Å². The number of amides is 3. The van der Waals surface area contributed by atoms with Gasteiger partial charge in [0.2, 0.25) is 17.7 Å². The molecule has 1 spiro atoms. The fourth-order valence-electron chi connectivity index (χ4n) is 6.67. The van der Waals surface area contributed by atoms with E-state index in [2.05, 4.69) is 10.6 Å². The van der Waals surface area contributed by atoms with E-state index < -0.39 is 29.6 Å². The van der Waals surface area contributed by atoms with Crippen molar-refractivity contribution in [3.63, 3.8) is 0 Å². The van der Waals surface area contributed by atoms with Gasteiger partial charge in [0.1, 0.15) is 11.6 Å². The minimum atomic E-state index is -1.23. The maximum atomic E-state index is 14.1. The third-order valence-corrected chi connectivity index (χ3v) is 9.39. The fraction of sp³-hybridized carbons (Fsp3) is 0.433. The molecule has 1 saturated carbocycles. The molecule has 3 amide bonds. The van der Waals surface area contributed by atoms with Crippen molar-refractivity contribution >= 4 is 46.6 Å². The van der Waals surface area contributed by atoms with E-state index in [-0.39, 0.29) is 30.3 Å². The fourth-order valence-corrected chi connectivity index (χ4v) is 7.05. The second kappa shape index (κ2) is 10.3. The monoisotopic (exact) mass is 567 g/mol. The lowest BCUT2D eigenvalue weighted by molar-refractivity contribution is -0.142. The van der Waals surface area contributed by atoms with Gasteiger partial charge >= 0.3 is 0 Å². The van der Waals surface area contributed by atoms with Crippen molar-refractivity contribution in [2.24, 2.45) is 11.8 Å². The predicted molar refractivity (Wildman–Crippen MR) is 149 cm³/mol. The summed E-state index contributed by atoms with van der Waals surface area (Å²) in [7, 11) is 0. The van der Waals surface area contributed by atoms with Crippen LogP contribution in [-0.2, 0) is 25.7 Å². The van der Waals surface area contributed by atoms with Crippen molar-refractivity contribution in [1.82, 2.24) is 10.2 Å². The number of halogens is 2. The van der Waals surface area contributed by atoms with Gasteiger partial charge in [0.25, 0.3) is 0 Å². The smallest absolute Gasteiger partial charge is 0.246 e. The highest BCUT2D eigenvalue weighted by Crippen LogP contribution is 2.55. The Morgan fingerprint density at radius 3 is 2.56 bits per heavy atom. The molecule has 3 fully saturated rings. The Morgan fingerprint density at radius 2 is 1.82 bits per heavy atom. The van der Waals surface area contributed by atoms with E-state index in [4.69, 9.17) is 27.9 Å². The highest BCUT2D eigenvalue weighted by Gasteiger charge is 2.72.